The third kappa shape index (κ3) is 5.26. The van der Waals surface area contributed by atoms with Crippen molar-refractivity contribution in [2.75, 3.05) is 50.5 Å². The van der Waals surface area contributed by atoms with Crippen molar-refractivity contribution in [1.82, 2.24) is 4.31 Å². The number of benzene rings is 1. The third-order valence-corrected chi connectivity index (χ3v) is 9.95. The number of nitrogens with one attached hydrogen (secondary N) is 1. The smallest absolute Gasteiger partial charge is 0.252 e. The fourth-order valence-corrected chi connectivity index (χ4v) is 7.20. The second-order valence-corrected chi connectivity index (χ2v) is 12.9. The first-order valence-electron chi connectivity index (χ1n) is 9.64. The number of hydrogen-bond donors (Lipinski definition) is 1. The summed E-state index contributed by atoms with van der Waals surface area (Å²) in [6, 6.07) is 9.29. The van der Waals surface area contributed by atoms with E-state index >= 15 is 0 Å². The zero-order chi connectivity index (χ0) is 21.9. The molecule has 1 fully saturated rings. The summed E-state index contributed by atoms with van der Waals surface area (Å²) in [6.07, 6.45) is 2.07. The van der Waals surface area contributed by atoms with Crippen molar-refractivity contribution >= 4 is 56.3 Å². The van der Waals surface area contributed by atoms with Crippen LogP contribution in [-0.2, 0) is 14.8 Å². The Kier molecular flexibility index (Phi) is 7.63. The molecule has 0 aliphatic carbocycles. The summed E-state index contributed by atoms with van der Waals surface area (Å²) in [5.41, 5.74) is 2.11. The van der Waals surface area contributed by atoms with E-state index in [4.69, 9.17) is 16.3 Å². The van der Waals surface area contributed by atoms with Gasteiger partial charge in [-0.25, -0.2) is 12.7 Å². The molecule has 1 aliphatic rings. The molecular weight excluding hydrogens is 462 g/mol. The van der Waals surface area contributed by atoms with Gasteiger partial charge in [-0.15, -0.1) is 11.3 Å². The summed E-state index contributed by atoms with van der Waals surface area (Å²) in [5.74, 6) is 0. The van der Waals surface area contributed by atoms with Crippen molar-refractivity contribution in [2.45, 2.75) is 28.2 Å². The number of rotatable bonds is 8. The Morgan fingerprint density at radius 3 is 2.60 bits per heavy atom. The third-order valence-electron chi connectivity index (χ3n) is 5.32. The quantitative estimate of drug-likeness (QED) is 0.525. The van der Waals surface area contributed by atoms with E-state index in [0.29, 0.717) is 9.23 Å². The Morgan fingerprint density at radius 2 is 1.97 bits per heavy atom. The molecule has 0 radical (unpaired) electrons. The van der Waals surface area contributed by atoms with Gasteiger partial charge in [-0.2, -0.15) is 0 Å². The number of methoxy groups -OCH3 is 1. The first-order valence-corrected chi connectivity index (χ1v) is 13.1. The fraction of sp³-hybridized carbons (Fsp3) is 0.500. The van der Waals surface area contributed by atoms with Crippen LogP contribution in [0.1, 0.15) is 19.8 Å². The maximum Gasteiger partial charge on any atom is 0.252 e. The summed E-state index contributed by atoms with van der Waals surface area (Å²) >= 11 is 9.22. The lowest BCUT2D eigenvalue weighted by atomic mass is 9.81. The summed E-state index contributed by atoms with van der Waals surface area (Å²) in [4.78, 5) is 2.32. The minimum Gasteiger partial charge on any atom is -0.384 e. The molecule has 30 heavy (non-hydrogen) atoms. The topological polar surface area (TPSA) is 61.9 Å². The monoisotopic (exact) mass is 489 g/mol. The molecule has 1 aliphatic heterocycles. The first-order chi connectivity index (χ1) is 14.2. The second-order valence-electron chi connectivity index (χ2n) is 7.93. The van der Waals surface area contributed by atoms with Gasteiger partial charge in [-0.3, -0.25) is 0 Å². The number of nitrogens with zero attached hydrogens (tertiary/aromatic N) is 2. The van der Waals surface area contributed by atoms with Gasteiger partial charge in [0.2, 0.25) is 0 Å². The highest BCUT2D eigenvalue weighted by Crippen LogP contribution is 2.41. The Bertz CT molecular complexity index is 971. The van der Waals surface area contributed by atoms with Crippen LogP contribution in [0.2, 0.25) is 5.02 Å². The van der Waals surface area contributed by atoms with Crippen molar-refractivity contribution in [1.29, 1.82) is 0 Å². The predicted molar refractivity (Wildman–Crippen MR) is 128 cm³/mol. The van der Waals surface area contributed by atoms with Crippen molar-refractivity contribution in [3.05, 3.63) is 35.4 Å². The summed E-state index contributed by atoms with van der Waals surface area (Å²) in [5, 5.41) is 0.706. The molecule has 1 N–H and O–H groups in total. The van der Waals surface area contributed by atoms with Crippen LogP contribution in [-0.4, -0.2) is 53.6 Å². The van der Waals surface area contributed by atoms with Crippen molar-refractivity contribution in [3.8, 4) is 0 Å². The van der Waals surface area contributed by atoms with Gasteiger partial charge in [0.15, 0.2) is 0 Å². The zero-order valence-corrected chi connectivity index (χ0v) is 20.8. The van der Waals surface area contributed by atoms with E-state index in [1.54, 1.807) is 13.2 Å². The highest BCUT2D eigenvalue weighted by Gasteiger charge is 2.31. The maximum atomic E-state index is 12.3. The SMILES string of the molecule is COCC1(C)CCN(c2c(Cl)cccc2NSc2ccc(S(=O)(=O)N(C)C)s2)CC1. The molecule has 0 unspecified atom stereocenters. The molecule has 0 spiro atoms. The van der Waals surface area contributed by atoms with Gasteiger partial charge >= 0.3 is 0 Å². The van der Waals surface area contributed by atoms with Crippen molar-refractivity contribution < 1.29 is 13.2 Å². The van der Waals surface area contributed by atoms with E-state index in [9.17, 15) is 8.42 Å². The van der Waals surface area contributed by atoms with Gasteiger partial charge in [-0.1, -0.05) is 24.6 Å². The van der Waals surface area contributed by atoms with Crippen LogP contribution in [0, 0.1) is 5.41 Å². The van der Waals surface area contributed by atoms with Crippen molar-refractivity contribution in [3.63, 3.8) is 0 Å². The Labute approximate surface area is 192 Å². The van der Waals surface area contributed by atoms with Gasteiger partial charge in [0, 0.05) is 34.3 Å². The molecule has 1 aromatic heterocycles. The Balaban J connectivity index is 1.73. The van der Waals surface area contributed by atoms with Crippen LogP contribution in [0.15, 0.2) is 38.8 Å². The van der Waals surface area contributed by atoms with Crippen LogP contribution < -0.4 is 9.62 Å². The standard InChI is InChI=1S/C20H28ClN3O3S3/c1-20(14-27-4)10-12-24(13-11-20)19-15(21)6-5-7-16(19)22-29-17-8-9-18(28-17)30(25,26)23(2)3/h5-9,22H,10-14H2,1-4H3. The molecule has 1 saturated heterocycles. The molecule has 0 saturated carbocycles. The van der Waals surface area contributed by atoms with E-state index in [2.05, 4.69) is 16.5 Å². The summed E-state index contributed by atoms with van der Waals surface area (Å²) in [6.45, 7) is 4.85. The van der Waals surface area contributed by atoms with Crippen LogP contribution in [0.3, 0.4) is 0 Å². The normalized spacial score (nSPS) is 16.8. The molecule has 2 heterocycles. The number of hydrogen-bond acceptors (Lipinski definition) is 7. The van der Waals surface area contributed by atoms with Gasteiger partial charge in [0.1, 0.15) is 4.21 Å². The largest absolute Gasteiger partial charge is 0.384 e. The first kappa shape index (κ1) is 23.7. The molecule has 166 valence electrons. The molecule has 1 aromatic carbocycles. The highest BCUT2D eigenvalue weighted by atomic mass is 35.5. The lowest BCUT2D eigenvalue weighted by Crippen LogP contribution is -2.41. The average molecular weight is 490 g/mol. The summed E-state index contributed by atoms with van der Waals surface area (Å²) < 4.78 is 35.8. The molecule has 0 bridgehead atoms. The number of ether oxygens (including phenoxy) is 1. The number of piperidine rings is 1. The van der Waals surface area contributed by atoms with E-state index in [-0.39, 0.29) is 5.41 Å². The average Bonchev–Trinajstić information content (AvgIpc) is 3.17. The number of thiophene rings is 1. The van der Waals surface area contributed by atoms with E-state index in [0.717, 1.165) is 48.1 Å². The van der Waals surface area contributed by atoms with E-state index in [1.807, 2.05) is 24.3 Å². The molecule has 0 amide bonds. The second kappa shape index (κ2) is 9.67. The molecule has 10 heteroatoms. The van der Waals surface area contributed by atoms with Gasteiger partial charge in [0.05, 0.1) is 27.2 Å². The van der Waals surface area contributed by atoms with Crippen molar-refractivity contribution in [2.24, 2.45) is 5.41 Å². The number of para-hydroxylation sites is 1. The molecule has 6 nitrogen and oxygen atoms in total. The van der Waals surface area contributed by atoms with Gasteiger partial charge in [-0.05, 0) is 54.5 Å². The van der Waals surface area contributed by atoms with Crippen LogP contribution in [0.4, 0.5) is 11.4 Å². The zero-order valence-electron chi connectivity index (χ0n) is 17.6. The summed E-state index contributed by atoms with van der Waals surface area (Å²) in [7, 11) is 1.41. The highest BCUT2D eigenvalue weighted by molar-refractivity contribution is 8.02. The molecular formula is C20H28ClN3O3S3. The minimum absolute atomic E-state index is 0.195. The van der Waals surface area contributed by atoms with Crippen LogP contribution >= 0.6 is 34.9 Å². The Hall–Kier alpha value is -0.970. The number of halogens is 1. The lowest BCUT2D eigenvalue weighted by molar-refractivity contribution is 0.0731. The lowest BCUT2D eigenvalue weighted by Gasteiger charge is -2.40. The number of sulfonamides is 1. The van der Waals surface area contributed by atoms with Gasteiger partial charge < -0.3 is 14.4 Å². The van der Waals surface area contributed by atoms with Crippen LogP contribution in [0.5, 0.6) is 0 Å². The molecule has 2 aromatic rings. The van der Waals surface area contributed by atoms with Gasteiger partial charge in [0.25, 0.3) is 10.0 Å². The fourth-order valence-electron chi connectivity index (χ4n) is 3.46. The molecule has 0 atom stereocenters. The number of anilines is 2. The van der Waals surface area contributed by atoms with E-state index in [1.165, 1.54) is 41.7 Å². The van der Waals surface area contributed by atoms with Crippen LogP contribution in [0.25, 0.3) is 0 Å². The molecule has 3 rings (SSSR count). The maximum absolute atomic E-state index is 12.3. The Morgan fingerprint density at radius 1 is 1.27 bits per heavy atom. The predicted octanol–water partition coefficient (Wildman–Crippen LogP) is 5.02. The minimum atomic E-state index is -3.42. The van der Waals surface area contributed by atoms with E-state index < -0.39 is 10.0 Å².